The van der Waals surface area contributed by atoms with Gasteiger partial charge in [0.1, 0.15) is 0 Å². The molecule has 2 aliphatic rings. The van der Waals surface area contributed by atoms with Crippen molar-refractivity contribution in [3.05, 3.63) is 12.2 Å². The van der Waals surface area contributed by atoms with Crippen molar-refractivity contribution in [2.24, 2.45) is 17.8 Å². The number of carboxylic acids is 1. The van der Waals surface area contributed by atoms with Crippen LogP contribution in [0.15, 0.2) is 12.2 Å². The summed E-state index contributed by atoms with van der Waals surface area (Å²) >= 11 is 0. The van der Waals surface area contributed by atoms with Crippen molar-refractivity contribution in [3.63, 3.8) is 0 Å². The average Bonchev–Trinajstić information content (AvgIpc) is 2.39. The second-order valence-electron chi connectivity index (χ2n) is 5.50. The molecule has 100 valence electrons. The predicted octanol–water partition coefficient (Wildman–Crippen LogP) is 1.91. The van der Waals surface area contributed by atoms with Gasteiger partial charge in [0.05, 0.1) is 11.8 Å². The molecular weight excluding hydrogens is 230 g/mol. The van der Waals surface area contributed by atoms with Gasteiger partial charge in [-0.1, -0.05) is 19.1 Å². The van der Waals surface area contributed by atoms with Crippen LogP contribution in [0.2, 0.25) is 0 Å². The molecule has 2 rings (SSSR count). The van der Waals surface area contributed by atoms with E-state index in [0.29, 0.717) is 18.8 Å². The van der Waals surface area contributed by atoms with E-state index < -0.39 is 11.9 Å². The normalized spacial score (nSPS) is 29.3. The van der Waals surface area contributed by atoms with Gasteiger partial charge in [-0.05, 0) is 31.6 Å². The highest BCUT2D eigenvalue weighted by Gasteiger charge is 2.36. The molecule has 1 fully saturated rings. The first-order chi connectivity index (χ1) is 8.59. The fourth-order valence-electron chi connectivity index (χ4n) is 2.82. The standard InChI is InChI=1S/C14H21NO3/c1-10-6-8-15(9-7-10)13(16)11-4-2-3-5-12(11)14(17)18/h2-3,10-12H,4-9H2,1H3,(H,17,18). The van der Waals surface area contributed by atoms with Crippen molar-refractivity contribution in [3.8, 4) is 0 Å². The van der Waals surface area contributed by atoms with E-state index in [0.717, 1.165) is 25.9 Å². The second-order valence-corrected chi connectivity index (χ2v) is 5.50. The number of amides is 1. The van der Waals surface area contributed by atoms with Gasteiger partial charge < -0.3 is 10.0 Å². The Hall–Kier alpha value is -1.32. The summed E-state index contributed by atoms with van der Waals surface area (Å²) in [6.45, 7) is 3.77. The Bertz CT molecular complexity index is 356. The van der Waals surface area contributed by atoms with Gasteiger partial charge in [0.25, 0.3) is 0 Å². The Morgan fingerprint density at radius 1 is 1.11 bits per heavy atom. The molecule has 1 heterocycles. The van der Waals surface area contributed by atoms with Crippen LogP contribution in [0.25, 0.3) is 0 Å². The number of hydrogen-bond donors (Lipinski definition) is 1. The lowest BCUT2D eigenvalue weighted by Gasteiger charge is -2.35. The first-order valence-corrected chi connectivity index (χ1v) is 6.76. The molecule has 0 radical (unpaired) electrons. The summed E-state index contributed by atoms with van der Waals surface area (Å²) in [5.74, 6) is -1.03. The zero-order valence-corrected chi connectivity index (χ0v) is 10.8. The van der Waals surface area contributed by atoms with E-state index in [1.807, 2.05) is 17.1 Å². The minimum Gasteiger partial charge on any atom is -0.481 e. The van der Waals surface area contributed by atoms with Crippen molar-refractivity contribution >= 4 is 11.9 Å². The quantitative estimate of drug-likeness (QED) is 0.763. The number of nitrogens with zero attached hydrogens (tertiary/aromatic N) is 1. The number of rotatable bonds is 2. The van der Waals surface area contributed by atoms with Crippen molar-refractivity contribution < 1.29 is 14.7 Å². The molecular formula is C14H21NO3. The van der Waals surface area contributed by atoms with Gasteiger partial charge in [0.15, 0.2) is 0 Å². The summed E-state index contributed by atoms with van der Waals surface area (Å²) in [6, 6.07) is 0. The largest absolute Gasteiger partial charge is 0.481 e. The van der Waals surface area contributed by atoms with Gasteiger partial charge in [-0.2, -0.15) is 0 Å². The van der Waals surface area contributed by atoms with Crippen LogP contribution in [0.4, 0.5) is 0 Å². The van der Waals surface area contributed by atoms with E-state index in [4.69, 9.17) is 0 Å². The monoisotopic (exact) mass is 251 g/mol. The zero-order chi connectivity index (χ0) is 13.1. The molecule has 1 amide bonds. The fraction of sp³-hybridized carbons (Fsp3) is 0.714. The minimum absolute atomic E-state index is 0.0404. The molecule has 2 atom stereocenters. The van der Waals surface area contributed by atoms with Crippen molar-refractivity contribution in [1.82, 2.24) is 4.90 Å². The maximum Gasteiger partial charge on any atom is 0.307 e. The highest BCUT2D eigenvalue weighted by molar-refractivity contribution is 5.85. The molecule has 1 aliphatic carbocycles. The Morgan fingerprint density at radius 2 is 1.67 bits per heavy atom. The number of piperidine rings is 1. The summed E-state index contributed by atoms with van der Waals surface area (Å²) in [5.41, 5.74) is 0. The smallest absolute Gasteiger partial charge is 0.307 e. The SMILES string of the molecule is CC1CCN(C(=O)C2CC=CCC2C(=O)O)CC1. The molecule has 1 saturated heterocycles. The molecule has 4 nitrogen and oxygen atoms in total. The first-order valence-electron chi connectivity index (χ1n) is 6.76. The van der Waals surface area contributed by atoms with Gasteiger partial charge >= 0.3 is 5.97 Å². The maximum atomic E-state index is 12.4. The summed E-state index contributed by atoms with van der Waals surface area (Å²) < 4.78 is 0. The van der Waals surface area contributed by atoms with E-state index in [9.17, 15) is 14.7 Å². The lowest BCUT2D eigenvalue weighted by atomic mass is 9.81. The molecule has 0 aromatic carbocycles. The van der Waals surface area contributed by atoms with Crippen LogP contribution >= 0.6 is 0 Å². The van der Waals surface area contributed by atoms with Crippen LogP contribution in [-0.4, -0.2) is 35.0 Å². The highest BCUT2D eigenvalue weighted by atomic mass is 16.4. The Labute approximate surface area is 108 Å². The third kappa shape index (κ3) is 2.74. The van der Waals surface area contributed by atoms with E-state index in [2.05, 4.69) is 6.92 Å². The van der Waals surface area contributed by atoms with Gasteiger partial charge in [-0.3, -0.25) is 9.59 Å². The van der Waals surface area contributed by atoms with E-state index >= 15 is 0 Å². The van der Waals surface area contributed by atoms with Gasteiger partial charge in [-0.25, -0.2) is 0 Å². The molecule has 2 unspecified atom stereocenters. The van der Waals surface area contributed by atoms with Gasteiger partial charge in [0.2, 0.25) is 5.91 Å². The Balaban J connectivity index is 2.03. The van der Waals surface area contributed by atoms with E-state index in [1.54, 1.807) is 0 Å². The highest BCUT2D eigenvalue weighted by Crippen LogP contribution is 2.29. The number of carboxylic acid groups (broad SMARTS) is 1. The fourth-order valence-corrected chi connectivity index (χ4v) is 2.82. The van der Waals surface area contributed by atoms with Crippen LogP contribution in [0.5, 0.6) is 0 Å². The Kier molecular flexibility index (Phi) is 4.04. The molecule has 1 N–H and O–H groups in total. The summed E-state index contributed by atoms with van der Waals surface area (Å²) in [5, 5.41) is 9.19. The second kappa shape index (κ2) is 5.55. The van der Waals surface area contributed by atoms with Crippen molar-refractivity contribution in [1.29, 1.82) is 0 Å². The van der Waals surface area contributed by atoms with Crippen molar-refractivity contribution in [2.45, 2.75) is 32.6 Å². The zero-order valence-electron chi connectivity index (χ0n) is 10.8. The van der Waals surface area contributed by atoms with E-state index in [1.165, 1.54) is 0 Å². The number of likely N-dealkylation sites (tertiary alicyclic amines) is 1. The summed E-state index contributed by atoms with van der Waals surface area (Å²) in [6.07, 6.45) is 6.94. The number of carbonyl (C=O) groups is 2. The number of hydrogen-bond acceptors (Lipinski definition) is 2. The summed E-state index contributed by atoms with van der Waals surface area (Å²) in [7, 11) is 0. The number of allylic oxidation sites excluding steroid dienone is 2. The molecule has 18 heavy (non-hydrogen) atoms. The predicted molar refractivity (Wildman–Crippen MR) is 68.0 cm³/mol. The number of aliphatic carboxylic acids is 1. The third-order valence-corrected chi connectivity index (χ3v) is 4.16. The van der Waals surface area contributed by atoms with E-state index in [-0.39, 0.29) is 11.8 Å². The number of carbonyl (C=O) groups excluding carboxylic acids is 1. The molecule has 0 bridgehead atoms. The van der Waals surface area contributed by atoms with Gasteiger partial charge in [0, 0.05) is 13.1 Å². The molecule has 1 aliphatic heterocycles. The topological polar surface area (TPSA) is 57.6 Å². The van der Waals surface area contributed by atoms with Gasteiger partial charge in [-0.15, -0.1) is 0 Å². The molecule has 0 spiro atoms. The molecule has 0 aromatic heterocycles. The molecule has 0 saturated carbocycles. The lowest BCUT2D eigenvalue weighted by Crippen LogP contribution is -2.45. The first kappa shape index (κ1) is 13.1. The van der Waals surface area contributed by atoms with Crippen LogP contribution < -0.4 is 0 Å². The minimum atomic E-state index is -0.844. The Morgan fingerprint density at radius 3 is 2.22 bits per heavy atom. The molecule has 0 aromatic rings. The lowest BCUT2D eigenvalue weighted by molar-refractivity contribution is -0.151. The van der Waals surface area contributed by atoms with Crippen LogP contribution in [0.1, 0.15) is 32.6 Å². The van der Waals surface area contributed by atoms with Crippen LogP contribution in [0, 0.1) is 17.8 Å². The average molecular weight is 251 g/mol. The molecule has 4 heteroatoms. The van der Waals surface area contributed by atoms with Crippen LogP contribution in [-0.2, 0) is 9.59 Å². The third-order valence-electron chi connectivity index (χ3n) is 4.16. The maximum absolute atomic E-state index is 12.4. The van der Waals surface area contributed by atoms with Crippen molar-refractivity contribution in [2.75, 3.05) is 13.1 Å². The summed E-state index contributed by atoms with van der Waals surface area (Å²) in [4.78, 5) is 25.5. The van der Waals surface area contributed by atoms with Crippen LogP contribution in [0.3, 0.4) is 0 Å².